The Kier molecular flexibility index (Phi) is 5.17. The van der Waals surface area contributed by atoms with Crippen LogP contribution in [-0.2, 0) is 19.6 Å². The van der Waals surface area contributed by atoms with Crippen molar-refractivity contribution in [3.63, 3.8) is 0 Å². The van der Waals surface area contributed by atoms with E-state index >= 15 is 0 Å². The zero-order valence-electron chi connectivity index (χ0n) is 9.44. The van der Waals surface area contributed by atoms with Crippen LogP contribution < -0.4 is 5.32 Å². The molecule has 1 saturated heterocycles. The van der Waals surface area contributed by atoms with Crippen LogP contribution >= 0.6 is 0 Å². The molecule has 1 fully saturated rings. The molecule has 1 amide bonds. The van der Waals surface area contributed by atoms with Crippen molar-refractivity contribution in [3.8, 4) is 0 Å². The summed E-state index contributed by atoms with van der Waals surface area (Å²) >= 11 is 0. The van der Waals surface area contributed by atoms with Crippen molar-refractivity contribution in [2.45, 2.75) is 13.3 Å². The highest BCUT2D eigenvalue weighted by molar-refractivity contribution is 7.89. The SMILES string of the molecule is CCOCCS(=O)(=O)N1CCCNC(=O)C1. The van der Waals surface area contributed by atoms with Gasteiger partial charge in [-0.25, -0.2) is 8.42 Å². The van der Waals surface area contributed by atoms with Crippen molar-refractivity contribution >= 4 is 15.9 Å². The first-order valence-electron chi connectivity index (χ1n) is 5.38. The van der Waals surface area contributed by atoms with Crippen LogP contribution in [0.3, 0.4) is 0 Å². The molecule has 0 bridgehead atoms. The molecule has 0 saturated carbocycles. The highest BCUT2D eigenvalue weighted by atomic mass is 32.2. The molecule has 0 aliphatic carbocycles. The van der Waals surface area contributed by atoms with Crippen LogP contribution in [0.1, 0.15) is 13.3 Å². The Morgan fingerprint density at radius 3 is 2.94 bits per heavy atom. The number of nitrogens with one attached hydrogen (secondary N) is 1. The zero-order valence-corrected chi connectivity index (χ0v) is 10.3. The van der Waals surface area contributed by atoms with Crippen molar-refractivity contribution in [2.24, 2.45) is 0 Å². The van der Waals surface area contributed by atoms with E-state index in [1.807, 2.05) is 6.92 Å². The fraction of sp³-hybridized carbons (Fsp3) is 0.889. The minimum Gasteiger partial charge on any atom is -0.381 e. The minimum atomic E-state index is -3.36. The maximum atomic E-state index is 11.8. The van der Waals surface area contributed by atoms with E-state index in [4.69, 9.17) is 4.74 Å². The number of sulfonamides is 1. The van der Waals surface area contributed by atoms with Crippen molar-refractivity contribution in [1.82, 2.24) is 9.62 Å². The van der Waals surface area contributed by atoms with Gasteiger partial charge in [0.1, 0.15) is 0 Å². The smallest absolute Gasteiger partial charge is 0.235 e. The van der Waals surface area contributed by atoms with E-state index in [2.05, 4.69) is 5.32 Å². The quantitative estimate of drug-likeness (QED) is 0.647. The fourth-order valence-electron chi connectivity index (χ4n) is 1.45. The van der Waals surface area contributed by atoms with E-state index in [9.17, 15) is 13.2 Å². The summed E-state index contributed by atoms with van der Waals surface area (Å²) in [5, 5.41) is 2.64. The van der Waals surface area contributed by atoms with Gasteiger partial charge in [-0.3, -0.25) is 4.79 Å². The summed E-state index contributed by atoms with van der Waals surface area (Å²) in [7, 11) is -3.36. The average molecular weight is 250 g/mol. The molecule has 0 unspecified atom stereocenters. The largest absolute Gasteiger partial charge is 0.381 e. The molecule has 6 nitrogen and oxygen atoms in total. The Balaban J connectivity index is 2.55. The fourth-order valence-corrected chi connectivity index (χ4v) is 2.76. The number of hydrogen-bond donors (Lipinski definition) is 1. The molecule has 1 aliphatic rings. The van der Waals surface area contributed by atoms with Crippen LogP contribution in [0, 0.1) is 0 Å². The molecule has 0 radical (unpaired) electrons. The van der Waals surface area contributed by atoms with Gasteiger partial charge < -0.3 is 10.1 Å². The third-order valence-electron chi connectivity index (χ3n) is 2.31. The standard InChI is InChI=1S/C9H18N2O4S/c1-2-15-6-7-16(13,14)11-5-3-4-10-9(12)8-11/h2-8H2,1H3,(H,10,12). The second-order valence-corrected chi connectivity index (χ2v) is 5.64. The zero-order chi connectivity index (χ0) is 12.0. The molecule has 0 aromatic rings. The van der Waals surface area contributed by atoms with Gasteiger partial charge in [0.25, 0.3) is 0 Å². The van der Waals surface area contributed by atoms with Crippen LogP contribution in [0.5, 0.6) is 0 Å². The van der Waals surface area contributed by atoms with E-state index in [1.165, 1.54) is 4.31 Å². The molecule has 0 aromatic heterocycles. The second kappa shape index (κ2) is 6.17. The number of amides is 1. The molecule has 1 heterocycles. The van der Waals surface area contributed by atoms with Gasteiger partial charge in [0, 0.05) is 19.7 Å². The summed E-state index contributed by atoms with van der Waals surface area (Å²) < 4.78 is 29.9. The molecule has 94 valence electrons. The van der Waals surface area contributed by atoms with Gasteiger partial charge in [-0.1, -0.05) is 0 Å². The van der Waals surface area contributed by atoms with Gasteiger partial charge in [0.2, 0.25) is 15.9 Å². The van der Waals surface area contributed by atoms with Crippen LogP contribution in [0.2, 0.25) is 0 Å². The van der Waals surface area contributed by atoms with Crippen molar-refractivity contribution in [2.75, 3.05) is 38.6 Å². The van der Waals surface area contributed by atoms with Crippen LogP contribution in [-0.4, -0.2) is 57.2 Å². The van der Waals surface area contributed by atoms with Crippen molar-refractivity contribution in [3.05, 3.63) is 0 Å². The molecule has 16 heavy (non-hydrogen) atoms. The number of carbonyl (C=O) groups excluding carboxylic acids is 1. The first-order chi connectivity index (χ1) is 7.56. The average Bonchev–Trinajstić information content (AvgIpc) is 2.43. The maximum Gasteiger partial charge on any atom is 0.235 e. The Hall–Kier alpha value is -0.660. The highest BCUT2D eigenvalue weighted by Crippen LogP contribution is 2.05. The maximum absolute atomic E-state index is 11.8. The lowest BCUT2D eigenvalue weighted by Gasteiger charge is -2.18. The Bertz CT molecular complexity index is 328. The van der Waals surface area contributed by atoms with E-state index in [0.29, 0.717) is 26.1 Å². The second-order valence-electron chi connectivity index (χ2n) is 3.55. The number of nitrogens with zero attached hydrogens (tertiary/aromatic N) is 1. The Labute approximate surface area is 96.0 Å². The normalized spacial score (nSPS) is 19.2. The van der Waals surface area contributed by atoms with E-state index < -0.39 is 10.0 Å². The third-order valence-corrected chi connectivity index (χ3v) is 4.09. The van der Waals surface area contributed by atoms with Gasteiger partial charge in [0.05, 0.1) is 18.9 Å². The van der Waals surface area contributed by atoms with Crippen LogP contribution in [0.4, 0.5) is 0 Å². The van der Waals surface area contributed by atoms with E-state index in [1.54, 1.807) is 0 Å². The number of hydrogen-bond acceptors (Lipinski definition) is 4. The molecule has 1 rings (SSSR count). The van der Waals surface area contributed by atoms with E-state index in [0.717, 1.165) is 0 Å². The van der Waals surface area contributed by atoms with Gasteiger partial charge in [-0.2, -0.15) is 4.31 Å². The number of rotatable bonds is 5. The lowest BCUT2D eigenvalue weighted by Crippen LogP contribution is -2.39. The summed E-state index contributed by atoms with van der Waals surface area (Å²) in [5.41, 5.74) is 0. The highest BCUT2D eigenvalue weighted by Gasteiger charge is 2.25. The predicted octanol–water partition coefficient (Wildman–Crippen LogP) is -0.825. The molecule has 7 heteroatoms. The molecule has 1 N–H and O–H groups in total. The summed E-state index contributed by atoms with van der Waals surface area (Å²) in [5.74, 6) is -0.300. The summed E-state index contributed by atoms with van der Waals surface area (Å²) in [6.07, 6.45) is 0.652. The van der Waals surface area contributed by atoms with E-state index in [-0.39, 0.29) is 24.8 Å². The Morgan fingerprint density at radius 2 is 2.25 bits per heavy atom. The lowest BCUT2D eigenvalue weighted by atomic mass is 10.4. The molecule has 0 aromatic carbocycles. The van der Waals surface area contributed by atoms with Gasteiger partial charge >= 0.3 is 0 Å². The summed E-state index contributed by atoms with van der Waals surface area (Å²) in [6.45, 7) is 3.34. The topological polar surface area (TPSA) is 75.7 Å². The van der Waals surface area contributed by atoms with Crippen molar-refractivity contribution < 1.29 is 17.9 Å². The number of ether oxygens (including phenoxy) is 1. The number of carbonyl (C=O) groups is 1. The molecular weight excluding hydrogens is 232 g/mol. The minimum absolute atomic E-state index is 0.0614. The van der Waals surface area contributed by atoms with Crippen LogP contribution in [0.25, 0.3) is 0 Å². The predicted molar refractivity (Wildman–Crippen MR) is 59.5 cm³/mol. The van der Waals surface area contributed by atoms with Crippen molar-refractivity contribution in [1.29, 1.82) is 0 Å². The summed E-state index contributed by atoms with van der Waals surface area (Å²) in [4.78, 5) is 11.2. The molecule has 0 spiro atoms. The van der Waals surface area contributed by atoms with Gasteiger partial charge in [-0.15, -0.1) is 0 Å². The molecular formula is C9H18N2O4S. The molecule has 1 aliphatic heterocycles. The monoisotopic (exact) mass is 250 g/mol. The van der Waals surface area contributed by atoms with Gasteiger partial charge in [0.15, 0.2) is 0 Å². The first kappa shape index (κ1) is 13.4. The first-order valence-corrected chi connectivity index (χ1v) is 6.99. The lowest BCUT2D eigenvalue weighted by molar-refractivity contribution is -0.120. The molecule has 0 atom stereocenters. The third kappa shape index (κ3) is 4.07. The van der Waals surface area contributed by atoms with Crippen LogP contribution in [0.15, 0.2) is 0 Å². The Morgan fingerprint density at radius 1 is 1.50 bits per heavy atom. The van der Waals surface area contributed by atoms with Gasteiger partial charge in [-0.05, 0) is 13.3 Å². The summed E-state index contributed by atoms with van der Waals surface area (Å²) in [6, 6.07) is 0.